The fourth-order valence-electron chi connectivity index (χ4n) is 1.99. The number of aliphatic hydroxyl groups excluding tert-OH is 1. The number of esters is 3. The normalized spacial score (nSPS) is 33.1. The van der Waals surface area contributed by atoms with Crippen molar-refractivity contribution in [2.24, 2.45) is 0 Å². The molecule has 8 heteroatoms. The van der Waals surface area contributed by atoms with E-state index in [-0.39, 0.29) is 0 Å². The van der Waals surface area contributed by atoms with Crippen molar-refractivity contribution in [1.29, 1.82) is 0 Å². The second kappa shape index (κ2) is 6.67. The third-order valence-corrected chi connectivity index (χ3v) is 2.65. The zero-order chi connectivity index (χ0) is 15.4. The van der Waals surface area contributed by atoms with Crippen LogP contribution in [0.2, 0.25) is 0 Å². The summed E-state index contributed by atoms with van der Waals surface area (Å²) >= 11 is 0. The Hall–Kier alpha value is -1.67. The van der Waals surface area contributed by atoms with E-state index in [2.05, 4.69) is 0 Å². The van der Waals surface area contributed by atoms with E-state index in [9.17, 15) is 19.5 Å². The molecule has 0 aromatic carbocycles. The van der Waals surface area contributed by atoms with Crippen LogP contribution in [0.4, 0.5) is 0 Å². The van der Waals surface area contributed by atoms with Gasteiger partial charge in [-0.2, -0.15) is 0 Å². The molecule has 1 N–H and O–H groups in total. The average Bonchev–Trinajstić information content (AvgIpc) is 2.27. The maximum Gasteiger partial charge on any atom is 0.303 e. The highest BCUT2D eigenvalue weighted by molar-refractivity contribution is 5.68. The molecule has 0 saturated carbocycles. The number of aliphatic hydroxyl groups is 1. The van der Waals surface area contributed by atoms with Gasteiger partial charge in [0.1, 0.15) is 0 Å². The van der Waals surface area contributed by atoms with E-state index < -0.39 is 48.6 Å². The molecule has 0 spiro atoms. The molecule has 0 aromatic rings. The van der Waals surface area contributed by atoms with Gasteiger partial charge in [0.25, 0.3) is 0 Å². The van der Waals surface area contributed by atoms with Gasteiger partial charge in [0.05, 0.1) is 6.10 Å². The van der Waals surface area contributed by atoms with Gasteiger partial charge in [0.15, 0.2) is 24.6 Å². The molecule has 1 aliphatic heterocycles. The first-order chi connectivity index (χ1) is 9.22. The Labute approximate surface area is 115 Å². The predicted molar refractivity (Wildman–Crippen MR) is 63.2 cm³/mol. The van der Waals surface area contributed by atoms with Crippen LogP contribution in [-0.4, -0.2) is 53.7 Å². The van der Waals surface area contributed by atoms with E-state index in [0.29, 0.717) is 0 Å². The molecule has 0 unspecified atom stereocenters. The Kier molecular flexibility index (Phi) is 5.46. The minimum absolute atomic E-state index is 0.611. The number of hydrogen-bond acceptors (Lipinski definition) is 8. The van der Waals surface area contributed by atoms with Crippen molar-refractivity contribution in [2.45, 2.75) is 58.4 Å². The highest BCUT2D eigenvalue weighted by Gasteiger charge is 2.49. The smallest absolute Gasteiger partial charge is 0.303 e. The first-order valence-corrected chi connectivity index (χ1v) is 6.07. The fraction of sp³-hybridized carbons (Fsp3) is 0.750. The van der Waals surface area contributed by atoms with Crippen LogP contribution in [0.5, 0.6) is 0 Å². The molecule has 0 aliphatic carbocycles. The number of ether oxygens (including phenoxy) is 4. The molecular formula is C12H18O8. The van der Waals surface area contributed by atoms with Crippen LogP contribution in [-0.2, 0) is 33.3 Å². The van der Waals surface area contributed by atoms with E-state index >= 15 is 0 Å². The van der Waals surface area contributed by atoms with Crippen LogP contribution in [0.15, 0.2) is 0 Å². The van der Waals surface area contributed by atoms with Crippen molar-refractivity contribution < 1.29 is 38.4 Å². The summed E-state index contributed by atoms with van der Waals surface area (Å²) < 4.78 is 20.1. The molecule has 0 bridgehead atoms. The molecule has 5 atom stereocenters. The van der Waals surface area contributed by atoms with E-state index in [0.717, 1.165) is 13.8 Å². The van der Waals surface area contributed by atoms with Crippen molar-refractivity contribution in [3.8, 4) is 0 Å². The summed E-state index contributed by atoms with van der Waals surface area (Å²) in [4.78, 5) is 33.3. The Morgan fingerprint density at radius 2 is 1.25 bits per heavy atom. The minimum Gasteiger partial charge on any atom is -0.456 e. The Morgan fingerprint density at radius 1 is 0.850 bits per heavy atom. The summed E-state index contributed by atoms with van der Waals surface area (Å²) in [5.41, 5.74) is 0. The van der Waals surface area contributed by atoms with Crippen LogP contribution in [0.3, 0.4) is 0 Å². The lowest BCUT2D eigenvalue weighted by Gasteiger charge is -2.41. The third-order valence-electron chi connectivity index (χ3n) is 2.65. The SMILES string of the molecule is CC(=O)O[C@@H]1[C@@H](OC(C)=O)[C@@H](C)O[C@H](O)[C@@H]1OC(C)=O. The standard InChI is InChI=1S/C12H18O8/c1-5-9(18-6(2)13)10(19-7(3)14)11(12(16)17-5)20-8(4)15/h5,9-12,16H,1-4H3/t5-,9+,10-,11-,12+/m1/s1. The van der Waals surface area contributed by atoms with E-state index in [4.69, 9.17) is 18.9 Å². The first-order valence-electron chi connectivity index (χ1n) is 6.07. The number of carbonyl (C=O) groups is 3. The summed E-state index contributed by atoms with van der Waals surface area (Å²) in [6, 6.07) is 0. The van der Waals surface area contributed by atoms with E-state index in [1.165, 1.54) is 13.8 Å². The Bertz CT molecular complexity index is 365. The zero-order valence-corrected chi connectivity index (χ0v) is 11.7. The summed E-state index contributed by atoms with van der Waals surface area (Å²) in [7, 11) is 0. The van der Waals surface area contributed by atoms with Crippen LogP contribution in [0.1, 0.15) is 27.7 Å². The molecule has 0 radical (unpaired) electrons. The van der Waals surface area contributed by atoms with Crippen LogP contribution in [0, 0.1) is 0 Å². The molecule has 0 amide bonds. The van der Waals surface area contributed by atoms with Gasteiger partial charge in [0.2, 0.25) is 0 Å². The Balaban J connectivity index is 3.01. The van der Waals surface area contributed by atoms with Crippen LogP contribution in [0.25, 0.3) is 0 Å². The molecule has 1 fully saturated rings. The molecule has 8 nitrogen and oxygen atoms in total. The molecule has 0 aromatic heterocycles. The maximum absolute atomic E-state index is 11.2. The van der Waals surface area contributed by atoms with Crippen molar-refractivity contribution in [2.75, 3.05) is 0 Å². The number of carbonyl (C=O) groups excluding carboxylic acids is 3. The minimum atomic E-state index is -1.48. The van der Waals surface area contributed by atoms with E-state index in [1.54, 1.807) is 0 Å². The molecular weight excluding hydrogens is 272 g/mol. The lowest BCUT2D eigenvalue weighted by molar-refractivity contribution is -0.288. The first kappa shape index (κ1) is 16.4. The van der Waals surface area contributed by atoms with E-state index in [1.807, 2.05) is 0 Å². The third kappa shape index (κ3) is 4.17. The summed E-state index contributed by atoms with van der Waals surface area (Å²) in [5.74, 6) is -1.96. The molecule has 1 rings (SSSR count). The summed E-state index contributed by atoms with van der Waals surface area (Å²) in [5, 5.41) is 9.79. The number of hydrogen-bond donors (Lipinski definition) is 1. The van der Waals surface area contributed by atoms with Crippen molar-refractivity contribution in [3.63, 3.8) is 0 Å². The van der Waals surface area contributed by atoms with Gasteiger partial charge in [-0.1, -0.05) is 0 Å². The van der Waals surface area contributed by atoms with Crippen molar-refractivity contribution in [3.05, 3.63) is 0 Å². The summed E-state index contributed by atoms with van der Waals surface area (Å²) in [6.45, 7) is 5.01. The fourth-order valence-corrected chi connectivity index (χ4v) is 1.99. The molecule has 114 valence electrons. The van der Waals surface area contributed by atoms with Crippen LogP contribution >= 0.6 is 0 Å². The maximum atomic E-state index is 11.2. The highest BCUT2D eigenvalue weighted by atomic mass is 16.7. The second-order valence-electron chi connectivity index (χ2n) is 4.45. The van der Waals surface area contributed by atoms with Gasteiger partial charge in [-0.05, 0) is 6.92 Å². The van der Waals surface area contributed by atoms with Gasteiger partial charge in [-0.25, -0.2) is 0 Å². The van der Waals surface area contributed by atoms with Gasteiger partial charge in [-0.15, -0.1) is 0 Å². The van der Waals surface area contributed by atoms with Crippen molar-refractivity contribution >= 4 is 17.9 Å². The molecule has 1 heterocycles. The largest absolute Gasteiger partial charge is 0.456 e. The lowest BCUT2D eigenvalue weighted by Crippen LogP contribution is -2.60. The van der Waals surface area contributed by atoms with Gasteiger partial charge < -0.3 is 24.1 Å². The Morgan fingerprint density at radius 3 is 1.70 bits per heavy atom. The lowest BCUT2D eigenvalue weighted by atomic mass is 9.99. The number of rotatable bonds is 3. The predicted octanol–water partition coefficient (Wildman–Crippen LogP) is -0.481. The molecule has 1 aliphatic rings. The molecule has 1 saturated heterocycles. The monoisotopic (exact) mass is 290 g/mol. The average molecular weight is 290 g/mol. The second-order valence-corrected chi connectivity index (χ2v) is 4.45. The van der Waals surface area contributed by atoms with Gasteiger partial charge in [-0.3, -0.25) is 14.4 Å². The highest BCUT2D eigenvalue weighted by Crippen LogP contribution is 2.27. The molecule has 20 heavy (non-hydrogen) atoms. The van der Waals surface area contributed by atoms with Gasteiger partial charge >= 0.3 is 17.9 Å². The topological polar surface area (TPSA) is 108 Å². The summed E-state index contributed by atoms with van der Waals surface area (Å²) in [6.07, 6.45) is -5.60. The van der Waals surface area contributed by atoms with Crippen molar-refractivity contribution in [1.82, 2.24) is 0 Å². The van der Waals surface area contributed by atoms with Gasteiger partial charge in [0, 0.05) is 20.8 Å². The zero-order valence-electron chi connectivity index (χ0n) is 11.7. The van der Waals surface area contributed by atoms with Crippen LogP contribution < -0.4 is 0 Å². The quantitative estimate of drug-likeness (QED) is 0.548.